The second-order valence-electron chi connectivity index (χ2n) is 4.64. The number of aliphatic hydroxyl groups is 1. The second kappa shape index (κ2) is 7.78. The van der Waals surface area contributed by atoms with Crippen molar-refractivity contribution in [2.24, 2.45) is 0 Å². The molecule has 20 heavy (non-hydrogen) atoms. The van der Waals surface area contributed by atoms with E-state index < -0.39 is 6.10 Å². The molecule has 0 spiro atoms. The zero-order valence-corrected chi connectivity index (χ0v) is 13.7. The largest absolute Gasteiger partial charge is 0.491 e. The molecule has 0 aliphatic heterocycles. The quantitative estimate of drug-likeness (QED) is 0.800. The molecule has 1 atom stereocenters. The molecule has 1 aromatic heterocycles. The fourth-order valence-corrected chi connectivity index (χ4v) is 3.19. The van der Waals surface area contributed by atoms with Crippen LogP contribution in [0.3, 0.4) is 0 Å². The molecule has 5 heteroatoms. The number of rotatable bonds is 7. The van der Waals surface area contributed by atoms with Gasteiger partial charge < -0.3 is 15.2 Å². The zero-order valence-electron chi connectivity index (χ0n) is 11.3. The van der Waals surface area contributed by atoms with Crippen LogP contribution in [0.25, 0.3) is 0 Å². The maximum absolute atomic E-state index is 9.87. The lowest BCUT2D eigenvalue weighted by atomic mass is 10.2. The normalized spacial score (nSPS) is 12.3. The molecule has 1 unspecified atom stereocenters. The monoisotopic (exact) mass is 355 g/mol. The Labute approximate surface area is 131 Å². The van der Waals surface area contributed by atoms with Crippen LogP contribution in [0.2, 0.25) is 0 Å². The summed E-state index contributed by atoms with van der Waals surface area (Å²) in [7, 11) is 0. The van der Waals surface area contributed by atoms with Gasteiger partial charge in [0, 0.05) is 27.8 Å². The standard InChI is InChI=1S/C15H18BrNO2S/c1-11-3-2-4-14(5-11)19-9-13(18)7-17-8-15-6-12(16)10-20-15/h2-6,10,13,17-18H,7-9H2,1H3. The predicted molar refractivity (Wildman–Crippen MR) is 86.4 cm³/mol. The van der Waals surface area contributed by atoms with Gasteiger partial charge in [-0.25, -0.2) is 0 Å². The Hall–Kier alpha value is -0.880. The van der Waals surface area contributed by atoms with Crippen molar-refractivity contribution in [1.29, 1.82) is 0 Å². The number of aliphatic hydroxyl groups excluding tert-OH is 1. The summed E-state index contributed by atoms with van der Waals surface area (Å²) in [5.41, 5.74) is 1.15. The Kier molecular flexibility index (Phi) is 6.04. The molecule has 0 aliphatic carbocycles. The summed E-state index contributed by atoms with van der Waals surface area (Å²) in [6, 6.07) is 9.90. The van der Waals surface area contributed by atoms with Gasteiger partial charge in [0.15, 0.2) is 0 Å². The minimum atomic E-state index is -0.515. The molecule has 2 N–H and O–H groups in total. The van der Waals surface area contributed by atoms with Crippen molar-refractivity contribution in [3.63, 3.8) is 0 Å². The lowest BCUT2D eigenvalue weighted by molar-refractivity contribution is 0.106. The average Bonchev–Trinajstić information content (AvgIpc) is 2.82. The molecule has 108 valence electrons. The molecule has 0 radical (unpaired) electrons. The Morgan fingerprint density at radius 2 is 2.25 bits per heavy atom. The molecule has 0 bridgehead atoms. The maximum atomic E-state index is 9.87. The third kappa shape index (κ3) is 5.25. The van der Waals surface area contributed by atoms with Crippen molar-refractivity contribution in [2.75, 3.05) is 13.2 Å². The molecule has 0 amide bonds. The highest BCUT2D eigenvalue weighted by Crippen LogP contribution is 2.19. The molecule has 2 rings (SSSR count). The lowest BCUT2D eigenvalue weighted by Gasteiger charge is -2.13. The molecule has 1 aromatic carbocycles. The minimum Gasteiger partial charge on any atom is -0.491 e. The van der Waals surface area contributed by atoms with E-state index in [-0.39, 0.29) is 0 Å². The highest BCUT2D eigenvalue weighted by atomic mass is 79.9. The summed E-state index contributed by atoms with van der Waals surface area (Å²) in [6.45, 7) is 3.59. The van der Waals surface area contributed by atoms with E-state index in [1.807, 2.05) is 36.6 Å². The van der Waals surface area contributed by atoms with Gasteiger partial charge >= 0.3 is 0 Å². The third-order valence-corrected chi connectivity index (χ3v) is 4.43. The number of thiophene rings is 1. The molecular weight excluding hydrogens is 338 g/mol. The van der Waals surface area contributed by atoms with E-state index in [9.17, 15) is 5.11 Å². The number of benzene rings is 1. The van der Waals surface area contributed by atoms with Crippen LogP contribution in [0.15, 0.2) is 40.2 Å². The SMILES string of the molecule is Cc1cccc(OCC(O)CNCc2cc(Br)cs2)c1. The van der Waals surface area contributed by atoms with E-state index >= 15 is 0 Å². The topological polar surface area (TPSA) is 41.5 Å². The van der Waals surface area contributed by atoms with Crippen molar-refractivity contribution in [3.05, 3.63) is 50.6 Å². The van der Waals surface area contributed by atoms with Gasteiger partial charge in [0.2, 0.25) is 0 Å². The number of hydrogen-bond donors (Lipinski definition) is 2. The fraction of sp³-hybridized carbons (Fsp3) is 0.333. The van der Waals surface area contributed by atoms with E-state index in [1.54, 1.807) is 11.3 Å². The van der Waals surface area contributed by atoms with Gasteiger partial charge in [-0.1, -0.05) is 12.1 Å². The summed E-state index contributed by atoms with van der Waals surface area (Å²) in [4.78, 5) is 1.24. The van der Waals surface area contributed by atoms with Crippen LogP contribution in [-0.2, 0) is 6.54 Å². The molecule has 0 saturated carbocycles. The van der Waals surface area contributed by atoms with Crippen LogP contribution in [0.4, 0.5) is 0 Å². The Balaban J connectivity index is 1.66. The summed E-state index contributed by atoms with van der Waals surface area (Å²) < 4.78 is 6.66. The van der Waals surface area contributed by atoms with Gasteiger partial charge in [-0.2, -0.15) is 0 Å². The lowest BCUT2D eigenvalue weighted by Crippen LogP contribution is -2.30. The van der Waals surface area contributed by atoms with Crippen molar-refractivity contribution in [3.8, 4) is 5.75 Å². The van der Waals surface area contributed by atoms with E-state index in [1.165, 1.54) is 4.88 Å². The zero-order chi connectivity index (χ0) is 14.4. The molecule has 3 nitrogen and oxygen atoms in total. The van der Waals surface area contributed by atoms with Crippen LogP contribution in [0.1, 0.15) is 10.4 Å². The highest BCUT2D eigenvalue weighted by Gasteiger charge is 2.05. The van der Waals surface area contributed by atoms with Gasteiger partial charge in [-0.3, -0.25) is 0 Å². The number of hydrogen-bond acceptors (Lipinski definition) is 4. The van der Waals surface area contributed by atoms with Crippen LogP contribution < -0.4 is 10.1 Å². The summed E-state index contributed by atoms with van der Waals surface area (Å²) >= 11 is 5.11. The van der Waals surface area contributed by atoms with Crippen molar-refractivity contribution < 1.29 is 9.84 Å². The first-order valence-corrected chi connectivity index (χ1v) is 8.12. The minimum absolute atomic E-state index is 0.296. The first kappa shape index (κ1) is 15.5. The fourth-order valence-electron chi connectivity index (χ4n) is 1.76. The molecule has 1 heterocycles. The van der Waals surface area contributed by atoms with Crippen molar-refractivity contribution in [2.45, 2.75) is 19.6 Å². The van der Waals surface area contributed by atoms with E-state index in [2.05, 4.69) is 27.3 Å². The van der Waals surface area contributed by atoms with E-state index in [4.69, 9.17) is 4.74 Å². The van der Waals surface area contributed by atoms with Crippen molar-refractivity contribution >= 4 is 27.3 Å². The first-order valence-electron chi connectivity index (χ1n) is 6.44. The Bertz CT molecular complexity index is 544. The molecule has 0 fully saturated rings. The maximum Gasteiger partial charge on any atom is 0.119 e. The smallest absolute Gasteiger partial charge is 0.119 e. The Morgan fingerprint density at radius 1 is 1.40 bits per heavy atom. The summed E-state index contributed by atoms with van der Waals surface area (Å²) in [5, 5.41) is 15.1. The molecule has 0 aliphatic rings. The predicted octanol–water partition coefficient (Wildman–Crippen LogP) is 3.35. The second-order valence-corrected chi connectivity index (χ2v) is 6.55. The molecule has 2 aromatic rings. The third-order valence-electron chi connectivity index (χ3n) is 2.73. The van der Waals surface area contributed by atoms with Gasteiger partial charge in [0.1, 0.15) is 18.5 Å². The molecule has 0 saturated heterocycles. The molecular formula is C15H18BrNO2S. The summed E-state index contributed by atoms with van der Waals surface area (Å²) in [6.07, 6.45) is -0.515. The number of aryl methyl sites for hydroxylation is 1. The Morgan fingerprint density at radius 3 is 2.95 bits per heavy atom. The van der Waals surface area contributed by atoms with Crippen LogP contribution in [-0.4, -0.2) is 24.4 Å². The van der Waals surface area contributed by atoms with Gasteiger partial charge in [-0.05, 0) is 46.6 Å². The summed E-state index contributed by atoms with van der Waals surface area (Å²) in [5.74, 6) is 0.797. The number of nitrogens with one attached hydrogen (secondary N) is 1. The van der Waals surface area contributed by atoms with E-state index in [0.717, 1.165) is 22.3 Å². The first-order chi connectivity index (χ1) is 9.63. The van der Waals surface area contributed by atoms with Gasteiger partial charge in [-0.15, -0.1) is 11.3 Å². The number of ether oxygens (including phenoxy) is 1. The number of halogens is 1. The average molecular weight is 356 g/mol. The van der Waals surface area contributed by atoms with Gasteiger partial charge in [0.25, 0.3) is 0 Å². The van der Waals surface area contributed by atoms with Crippen molar-refractivity contribution in [1.82, 2.24) is 5.32 Å². The van der Waals surface area contributed by atoms with Crippen LogP contribution in [0, 0.1) is 6.92 Å². The van der Waals surface area contributed by atoms with Gasteiger partial charge in [0.05, 0.1) is 0 Å². The van der Waals surface area contributed by atoms with Crippen LogP contribution >= 0.6 is 27.3 Å². The van der Waals surface area contributed by atoms with E-state index in [0.29, 0.717) is 13.2 Å². The highest BCUT2D eigenvalue weighted by molar-refractivity contribution is 9.10. The van der Waals surface area contributed by atoms with Crippen LogP contribution in [0.5, 0.6) is 5.75 Å².